The number of hydrogen-bond acceptors (Lipinski definition) is 7. The highest BCUT2D eigenvalue weighted by molar-refractivity contribution is 7.91. The maximum Gasteiger partial charge on any atom is 0.490 e. The van der Waals surface area contributed by atoms with Crippen LogP contribution in [0.15, 0.2) is 46.3 Å². The number of hydrogen-bond donors (Lipinski definition) is 5. The van der Waals surface area contributed by atoms with Crippen molar-refractivity contribution in [3.05, 3.63) is 63.0 Å². The summed E-state index contributed by atoms with van der Waals surface area (Å²) in [4.78, 5) is 38.7. The first-order valence-electron chi connectivity index (χ1n) is 10.2. The number of aryl methyl sites for hydroxylation is 1. The molecule has 0 aliphatic rings. The number of rotatable bonds is 10. The molecule has 13 nitrogen and oxygen atoms in total. The normalized spacial score (nSPS) is 11.9. The summed E-state index contributed by atoms with van der Waals surface area (Å²) in [6.45, 7) is 1.47. The minimum absolute atomic E-state index is 0.0251. The number of alkyl halides is 3. The van der Waals surface area contributed by atoms with Crippen LogP contribution in [-0.2, 0) is 30.2 Å². The third kappa shape index (κ3) is 10.2. The molecule has 1 amide bonds. The zero-order valence-electron chi connectivity index (χ0n) is 19.6. The molecule has 1 atom stereocenters. The first kappa shape index (κ1) is 32.0. The topological polar surface area (TPSA) is 222 Å². The number of nitrogens with zero attached hydrogens (tertiary/aromatic N) is 2. The second-order valence-corrected chi connectivity index (χ2v) is 9.50. The number of carbonyl (C=O) groups is 2. The molecule has 18 heteroatoms. The van der Waals surface area contributed by atoms with E-state index in [1.54, 1.807) is 31.2 Å². The molecule has 210 valence electrons. The van der Waals surface area contributed by atoms with Crippen LogP contribution < -0.4 is 27.5 Å². The quantitative estimate of drug-likeness (QED) is 0.116. The van der Waals surface area contributed by atoms with Gasteiger partial charge in [0, 0.05) is 17.1 Å². The van der Waals surface area contributed by atoms with Crippen molar-refractivity contribution in [2.45, 2.75) is 31.3 Å². The molecule has 0 fully saturated rings. The number of pyridine rings is 1. The van der Waals surface area contributed by atoms with Gasteiger partial charge in [-0.15, -0.1) is 0 Å². The van der Waals surface area contributed by atoms with Crippen LogP contribution in [0.5, 0.6) is 0 Å². The summed E-state index contributed by atoms with van der Waals surface area (Å²) in [6.07, 6.45) is -5.11. The molecular weight excluding hydrogens is 561 g/mol. The van der Waals surface area contributed by atoms with Gasteiger partial charge in [0.25, 0.3) is 5.56 Å². The molecule has 1 unspecified atom stereocenters. The highest BCUT2D eigenvalue weighted by atomic mass is 35.5. The Balaban J connectivity index is 0.000000905. The number of amides is 1. The van der Waals surface area contributed by atoms with Crippen LogP contribution in [0.4, 0.5) is 18.9 Å². The summed E-state index contributed by atoms with van der Waals surface area (Å²) in [6, 6.07) is 8.13. The molecule has 0 radical (unpaired) electrons. The maximum absolute atomic E-state index is 13.0. The average Bonchev–Trinajstić information content (AvgIpc) is 2.78. The van der Waals surface area contributed by atoms with Gasteiger partial charge in [0.2, 0.25) is 21.9 Å². The summed E-state index contributed by atoms with van der Waals surface area (Å²) < 4.78 is 60.2. The second kappa shape index (κ2) is 13.5. The number of carboxylic acids is 1. The van der Waals surface area contributed by atoms with E-state index in [0.717, 1.165) is 4.57 Å². The minimum atomic E-state index is -5.08. The van der Waals surface area contributed by atoms with Crippen molar-refractivity contribution < 1.29 is 41.1 Å². The fraction of sp³-hybridized carbons (Fsp3) is 0.300. The van der Waals surface area contributed by atoms with Gasteiger partial charge in [-0.25, -0.2) is 13.2 Å². The van der Waals surface area contributed by atoms with E-state index in [4.69, 9.17) is 43.5 Å². The molecule has 0 spiro atoms. The lowest BCUT2D eigenvalue weighted by atomic mass is 10.1. The fourth-order valence-corrected chi connectivity index (χ4v) is 4.32. The second-order valence-electron chi connectivity index (χ2n) is 7.38. The highest BCUT2D eigenvalue weighted by Gasteiger charge is 2.38. The predicted molar refractivity (Wildman–Crippen MR) is 131 cm³/mol. The van der Waals surface area contributed by atoms with Crippen LogP contribution in [0.25, 0.3) is 0 Å². The van der Waals surface area contributed by atoms with Gasteiger partial charge in [-0.1, -0.05) is 29.8 Å². The van der Waals surface area contributed by atoms with Crippen molar-refractivity contribution in [3.63, 3.8) is 0 Å². The number of anilines is 1. The number of nitrogens with two attached hydrogens (primary N) is 3. The minimum Gasteiger partial charge on any atom is -0.475 e. The molecule has 2 aromatic rings. The Labute approximate surface area is 219 Å². The van der Waals surface area contributed by atoms with E-state index >= 15 is 0 Å². The third-order valence-corrected chi connectivity index (χ3v) is 6.02. The molecule has 0 saturated carbocycles. The number of halogens is 4. The van der Waals surface area contributed by atoms with Gasteiger partial charge in [0.15, 0.2) is 0 Å². The molecule has 2 rings (SSSR count). The molecule has 1 aromatic carbocycles. The van der Waals surface area contributed by atoms with Crippen molar-refractivity contribution in [1.29, 1.82) is 0 Å². The number of aliphatic carboxylic acids is 1. The summed E-state index contributed by atoms with van der Waals surface area (Å²) in [5.41, 5.74) is 15.5. The van der Waals surface area contributed by atoms with Gasteiger partial charge in [-0.05, 0) is 35.8 Å². The first-order valence-corrected chi connectivity index (χ1v) is 12.3. The largest absolute Gasteiger partial charge is 0.490 e. The molecule has 38 heavy (non-hydrogen) atoms. The molecule has 0 aliphatic heterocycles. The summed E-state index contributed by atoms with van der Waals surface area (Å²) in [7, 11) is -3.97. The molecule has 0 aliphatic carbocycles. The van der Waals surface area contributed by atoms with E-state index in [9.17, 15) is 31.2 Å². The van der Waals surface area contributed by atoms with Crippen LogP contribution in [0.2, 0.25) is 5.02 Å². The van der Waals surface area contributed by atoms with E-state index in [0.29, 0.717) is 11.3 Å². The van der Waals surface area contributed by atoms with Crippen molar-refractivity contribution in [1.82, 2.24) is 4.57 Å². The van der Waals surface area contributed by atoms with E-state index in [1.165, 1.54) is 12.1 Å². The van der Waals surface area contributed by atoms with E-state index in [1.807, 2.05) is 0 Å². The Hall–Kier alpha value is -3.99. The van der Waals surface area contributed by atoms with Crippen molar-refractivity contribution >= 4 is 45.1 Å². The standard InChI is InChI=1S/C18H23ClN6O5S.C2HF3O2/c1-11-6-7-14(24-31(28,29)10-12-4-2-3-5-13(12)19)17(27)25(11)15(16(20)26)8-9-30-23-18(21)22;3-2(4,5)1(6)7/h2-7,15,24H,8-10H2,1H3,(H2,20,26)(H4,21,22,23);(H,6,7). The van der Waals surface area contributed by atoms with Gasteiger partial charge >= 0.3 is 12.1 Å². The summed E-state index contributed by atoms with van der Waals surface area (Å²) >= 11 is 6.02. The van der Waals surface area contributed by atoms with Crippen molar-refractivity contribution in [3.8, 4) is 0 Å². The zero-order valence-corrected chi connectivity index (χ0v) is 21.2. The maximum atomic E-state index is 13.0. The van der Waals surface area contributed by atoms with Crippen LogP contribution in [0.3, 0.4) is 0 Å². The van der Waals surface area contributed by atoms with Gasteiger partial charge in [0.1, 0.15) is 18.3 Å². The van der Waals surface area contributed by atoms with Crippen LogP contribution in [0, 0.1) is 6.92 Å². The molecule has 1 aromatic heterocycles. The van der Waals surface area contributed by atoms with E-state index in [-0.39, 0.29) is 29.7 Å². The smallest absolute Gasteiger partial charge is 0.475 e. The van der Waals surface area contributed by atoms with Gasteiger partial charge in [0.05, 0.1) is 5.75 Å². The lowest BCUT2D eigenvalue weighted by Gasteiger charge is -2.20. The number of carbonyl (C=O) groups excluding carboxylic acids is 1. The lowest BCUT2D eigenvalue weighted by molar-refractivity contribution is -0.192. The van der Waals surface area contributed by atoms with Crippen molar-refractivity contribution in [2.75, 3.05) is 11.3 Å². The highest BCUT2D eigenvalue weighted by Crippen LogP contribution is 2.20. The van der Waals surface area contributed by atoms with Crippen LogP contribution in [0.1, 0.15) is 23.7 Å². The van der Waals surface area contributed by atoms with Gasteiger partial charge in [-0.2, -0.15) is 13.2 Å². The zero-order chi connectivity index (χ0) is 29.3. The third-order valence-electron chi connectivity index (χ3n) is 4.42. The molecule has 8 N–H and O–H groups in total. The number of oxime groups is 1. The number of nitrogens with one attached hydrogen (secondary N) is 1. The Bertz CT molecular complexity index is 1350. The Morgan fingerprint density at radius 3 is 2.26 bits per heavy atom. The molecule has 0 bridgehead atoms. The van der Waals surface area contributed by atoms with E-state index < -0.39 is 45.4 Å². The fourth-order valence-electron chi connectivity index (χ4n) is 2.82. The monoisotopic (exact) mass is 584 g/mol. The first-order chi connectivity index (χ1) is 17.5. The molecular formula is C20H24ClF3N6O7S. The summed E-state index contributed by atoms with van der Waals surface area (Å²) in [5.74, 6) is -4.31. The average molecular weight is 585 g/mol. The lowest BCUT2D eigenvalue weighted by Crippen LogP contribution is -2.37. The molecule has 0 saturated heterocycles. The Kier molecular flexibility index (Phi) is 11.4. The number of guanidine groups is 1. The number of aromatic nitrogens is 1. The Morgan fingerprint density at radius 1 is 1.18 bits per heavy atom. The number of benzene rings is 1. The van der Waals surface area contributed by atoms with Gasteiger partial charge < -0.3 is 27.1 Å². The van der Waals surface area contributed by atoms with Crippen LogP contribution >= 0.6 is 11.6 Å². The number of primary amides is 1. The molecule has 1 heterocycles. The van der Waals surface area contributed by atoms with E-state index in [2.05, 4.69) is 9.88 Å². The predicted octanol–water partition coefficient (Wildman–Crippen LogP) is 1.01. The number of carboxylic acid groups (broad SMARTS) is 1. The Morgan fingerprint density at radius 2 is 1.76 bits per heavy atom. The van der Waals surface area contributed by atoms with Crippen molar-refractivity contribution in [2.24, 2.45) is 22.4 Å². The van der Waals surface area contributed by atoms with Crippen LogP contribution in [-0.4, -0.2) is 48.7 Å². The summed E-state index contributed by atoms with van der Waals surface area (Å²) in [5, 5.41) is 10.7. The van der Waals surface area contributed by atoms with Gasteiger partial charge in [-0.3, -0.25) is 18.9 Å². The number of sulfonamides is 1. The SMILES string of the molecule is Cc1ccc(NS(=O)(=O)Cc2ccccc2Cl)c(=O)n1C(CCON=C(N)N)C(N)=O.O=C(O)C(F)(F)F.